The Balaban J connectivity index is 1.56. The smallest absolute Gasteiger partial charge is 0.0977 e. The highest BCUT2D eigenvalue weighted by atomic mass is 15.3. The van der Waals surface area contributed by atoms with Crippen LogP contribution >= 0.6 is 0 Å². The second kappa shape index (κ2) is 7.53. The first-order chi connectivity index (χ1) is 14.7. The van der Waals surface area contributed by atoms with Crippen molar-refractivity contribution in [3.05, 3.63) is 73.1 Å². The molecule has 0 radical (unpaired) electrons. The van der Waals surface area contributed by atoms with Crippen molar-refractivity contribution in [3.8, 4) is 33.8 Å². The number of hydrogen-bond acceptors (Lipinski definition) is 5. The lowest BCUT2D eigenvalue weighted by molar-refractivity contribution is 0.625. The highest BCUT2D eigenvalue weighted by Gasteiger charge is 2.13. The van der Waals surface area contributed by atoms with Crippen molar-refractivity contribution in [2.24, 2.45) is 5.73 Å². The minimum atomic E-state index is 0.558. The zero-order chi connectivity index (χ0) is 20.5. The summed E-state index contributed by atoms with van der Waals surface area (Å²) in [6.07, 6.45) is 7.42. The van der Waals surface area contributed by atoms with E-state index in [1.54, 1.807) is 6.33 Å². The molecule has 0 bridgehead atoms. The van der Waals surface area contributed by atoms with E-state index >= 15 is 0 Å². The summed E-state index contributed by atoms with van der Waals surface area (Å²) in [6, 6.07) is 14.3. The van der Waals surface area contributed by atoms with E-state index in [2.05, 4.69) is 37.2 Å². The molecule has 5 aromatic rings. The maximum absolute atomic E-state index is 5.62. The standard InChI is InChI=1S/C23H21N7/c1-15-3-2-4-21(29-15)23-22(26-14-27-23)16-5-6-20-17(9-16)10-18(11-25-20)19-12-28-30(13-19)8-7-24/h2-6,9-14H,7-8,24H2,1H3,(H,26,27). The van der Waals surface area contributed by atoms with E-state index in [0.717, 1.165) is 50.4 Å². The second-order valence-electron chi connectivity index (χ2n) is 7.20. The molecule has 0 aliphatic heterocycles. The molecule has 0 aliphatic rings. The molecule has 0 saturated heterocycles. The van der Waals surface area contributed by atoms with E-state index in [9.17, 15) is 0 Å². The van der Waals surface area contributed by atoms with Crippen molar-refractivity contribution in [3.63, 3.8) is 0 Å². The quantitative estimate of drug-likeness (QED) is 0.471. The number of benzene rings is 1. The molecular formula is C23H21N7. The number of hydrogen-bond donors (Lipinski definition) is 2. The van der Waals surface area contributed by atoms with Gasteiger partial charge in [-0.1, -0.05) is 12.1 Å². The first-order valence-corrected chi connectivity index (χ1v) is 9.82. The summed E-state index contributed by atoms with van der Waals surface area (Å²) in [5.74, 6) is 0. The number of aryl methyl sites for hydroxylation is 1. The number of H-pyrrole nitrogens is 1. The summed E-state index contributed by atoms with van der Waals surface area (Å²) in [5, 5.41) is 5.40. The Hall–Kier alpha value is -3.84. The number of imidazole rings is 1. The highest BCUT2D eigenvalue weighted by Crippen LogP contribution is 2.31. The van der Waals surface area contributed by atoms with Gasteiger partial charge in [0.2, 0.25) is 0 Å². The number of aromatic nitrogens is 6. The topological polar surface area (TPSA) is 98.3 Å². The maximum atomic E-state index is 5.62. The number of pyridine rings is 2. The van der Waals surface area contributed by atoms with Crippen molar-refractivity contribution in [1.82, 2.24) is 29.7 Å². The van der Waals surface area contributed by atoms with Crippen molar-refractivity contribution < 1.29 is 0 Å². The summed E-state index contributed by atoms with van der Waals surface area (Å²) in [4.78, 5) is 17.1. The third-order valence-electron chi connectivity index (χ3n) is 5.06. The Kier molecular flexibility index (Phi) is 4.57. The summed E-state index contributed by atoms with van der Waals surface area (Å²) >= 11 is 0. The molecule has 7 heteroatoms. The predicted octanol–water partition coefficient (Wildman–Crippen LogP) is 3.82. The molecule has 30 heavy (non-hydrogen) atoms. The lowest BCUT2D eigenvalue weighted by Gasteiger charge is -2.06. The van der Waals surface area contributed by atoms with Gasteiger partial charge in [0.25, 0.3) is 0 Å². The highest BCUT2D eigenvalue weighted by molar-refractivity contribution is 5.89. The van der Waals surface area contributed by atoms with E-state index in [-0.39, 0.29) is 0 Å². The van der Waals surface area contributed by atoms with Crippen LogP contribution in [0.15, 0.2) is 67.4 Å². The van der Waals surface area contributed by atoms with Crippen LogP contribution in [0.3, 0.4) is 0 Å². The van der Waals surface area contributed by atoms with Gasteiger partial charge in [-0.3, -0.25) is 14.6 Å². The Labute approximate surface area is 173 Å². The van der Waals surface area contributed by atoms with Gasteiger partial charge in [-0.05, 0) is 37.3 Å². The summed E-state index contributed by atoms with van der Waals surface area (Å²) in [5.41, 5.74) is 13.2. The van der Waals surface area contributed by atoms with Gasteiger partial charge in [0.1, 0.15) is 0 Å². The summed E-state index contributed by atoms with van der Waals surface area (Å²) in [7, 11) is 0. The lowest BCUT2D eigenvalue weighted by atomic mass is 10.0. The largest absolute Gasteiger partial charge is 0.343 e. The molecule has 3 N–H and O–H groups in total. The molecule has 0 saturated carbocycles. The number of aromatic amines is 1. The average Bonchev–Trinajstić information content (AvgIpc) is 3.43. The van der Waals surface area contributed by atoms with E-state index in [1.165, 1.54) is 0 Å². The fourth-order valence-corrected chi connectivity index (χ4v) is 3.59. The van der Waals surface area contributed by atoms with Gasteiger partial charge < -0.3 is 10.7 Å². The first-order valence-electron chi connectivity index (χ1n) is 9.82. The molecule has 7 nitrogen and oxygen atoms in total. The SMILES string of the molecule is Cc1cccc(-c2[nH]cnc2-c2ccc3ncc(-c4cnn(CCN)c4)cc3c2)n1. The lowest BCUT2D eigenvalue weighted by Crippen LogP contribution is -2.09. The molecule has 148 valence electrons. The van der Waals surface area contributed by atoms with Crippen LogP contribution in [0.25, 0.3) is 44.7 Å². The van der Waals surface area contributed by atoms with Crippen LogP contribution in [0.5, 0.6) is 0 Å². The molecule has 0 unspecified atom stereocenters. The molecule has 0 fully saturated rings. The van der Waals surface area contributed by atoms with Crippen LogP contribution in [0.4, 0.5) is 0 Å². The number of rotatable bonds is 5. The molecule has 4 aromatic heterocycles. The van der Waals surface area contributed by atoms with Crippen LogP contribution in [0.1, 0.15) is 5.69 Å². The van der Waals surface area contributed by atoms with Crippen molar-refractivity contribution in [1.29, 1.82) is 0 Å². The fraction of sp³-hybridized carbons (Fsp3) is 0.130. The molecule has 0 atom stereocenters. The molecule has 1 aromatic carbocycles. The van der Waals surface area contributed by atoms with Crippen LogP contribution in [0, 0.1) is 6.92 Å². The second-order valence-corrected chi connectivity index (χ2v) is 7.20. The Bertz CT molecular complexity index is 1330. The minimum absolute atomic E-state index is 0.558. The molecule has 0 amide bonds. The summed E-state index contributed by atoms with van der Waals surface area (Å²) < 4.78 is 1.85. The van der Waals surface area contributed by atoms with Crippen molar-refractivity contribution in [2.45, 2.75) is 13.5 Å². The van der Waals surface area contributed by atoms with Gasteiger partial charge in [-0.2, -0.15) is 5.10 Å². The normalized spacial score (nSPS) is 11.3. The molecule has 5 rings (SSSR count). The van der Waals surface area contributed by atoms with Gasteiger partial charge in [-0.25, -0.2) is 4.98 Å². The average molecular weight is 395 g/mol. The zero-order valence-electron chi connectivity index (χ0n) is 16.6. The van der Waals surface area contributed by atoms with Gasteiger partial charge in [-0.15, -0.1) is 0 Å². The third kappa shape index (κ3) is 3.35. The third-order valence-corrected chi connectivity index (χ3v) is 5.06. The van der Waals surface area contributed by atoms with E-state index in [0.29, 0.717) is 13.1 Å². The van der Waals surface area contributed by atoms with Gasteiger partial charge >= 0.3 is 0 Å². The molecule has 0 aliphatic carbocycles. The fourth-order valence-electron chi connectivity index (χ4n) is 3.59. The Morgan fingerprint density at radius 1 is 1.00 bits per heavy atom. The Morgan fingerprint density at radius 2 is 1.90 bits per heavy atom. The van der Waals surface area contributed by atoms with E-state index in [4.69, 9.17) is 5.73 Å². The van der Waals surface area contributed by atoms with Crippen LogP contribution in [-0.2, 0) is 6.54 Å². The zero-order valence-corrected chi connectivity index (χ0v) is 16.6. The van der Waals surface area contributed by atoms with Crippen LogP contribution < -0.4 is 5.73 Å². The number of nitrogens with one attached hydrogen (secondary N) is 1. The van der Waals surface area contributed by atoms with Crippen LogP contribution in [-0.4, -0.2) is 36.3 Å². The predicted molar refractivity (Wildman–Crippen MR) is 118 cm³/mol. The molecule has 0 spiro atoms. The summed E-state index contributed by atoms with van der Waals surface area (Å²) in [6.45, 7) is 3.24. The van der Waals surface area contributed by atoms with Crippen molar-refractivity contribution in [2.75, 3.05) is 6.54 Å². The molecular weight excluding hydrogens is 374 g/mol. The van der Waals surface area contributed by atoms with Crippen molar-refractivity contribution >= 4 is 10.9 Å². The van der Waals surface area contributed by atoms with Gasteiger partial charge in [0.15, 0.2) is 0 Å². The maximum Gasteiger partial charge on any atom is 0.0977 e. The van der Waals surface area contributed by atoms with Gasteiger partial charge in [0.05, 0.1) is 41.7 Å². The monoisotopic (exact) mass is 395 g/mol. The number of nitrogens with two attached hydrogens (primary N) is 1. The number of nitrogens with zero attached hydrogens (tertiary/aromatic N) is 5. The number of fused-ring (bicyclic) bond motifs is 1. The molecule has 4 heterocycles. The minimum Gasteiger partial charge on any atom is -0.343 e. The van der Waals surface area contributed by atoms with Gasteiger partial charge in [0, 0.05) is 46.7 Å². The van der Waals surface area contributed by atoms with Crippen LogP contribution in [0.2, 0.25) is 0 Å². The first kappa shape index (κ1) is 18.2. The Morgan fingerprint density at radius 3 is 2.77 bits per heavy atom. The van der Waals surface area contributed by atoms with E-state index in [1.807, 2.05) is 60.5 Å². The van der Waals surface area contributed by atoms with E-state index < -0.39 is 0 Å².